The molecule has 0 aliphatic carbocycles. The van der Waals surface area contributed by atoms with Crippen LogP contribution in [0.25, 0.3) is 11.1 Å². The molecule has 2 aromatic rings. The van der Waals surface area contributed by atoms with E-state index in [4.69, 9.17) is 5.26 Å². The van der Waals surface area contributed by atoms with E-state index in [1.54, 1.807) is 30.3 Å². The van der Waals surface area contributed by atoms with Gasteiger partial charge in [0.1, 0.15) is 17.7 Å². The molecule has 0 heterocycles. The Morgan fingerprint density at radius 3 is 2.29 bits per heavy atom. The van der Waals surface area contributed by atoms with Crippen LogP contribution in [0, 0.1) is 29.9 Å². The molecule has 0 fully saturated rings. The second-order valence-electron chi connectivity index (χ2n) is 3.70. The zero-order chi connectivity index (χ0) is 12.4. The molecule has 0 aliphatic heterocycles. The molecule has 0 spiro atoms. The maximum Gasteiger partial charge on any atom is 0.146 e. The van der Waals surface area contributed by atoms with Crippen LogP contribution in [0.2, 0.25) is 0 Å². The van der Waals surface area contributed by atoms with Crippen LogP contribution in [0.4, 0.5) is 8.78 Å². The minimum absolute atomic E-state index is 0.122. The van der Waals surface area contributed by atoms with Crippen LogP contribution in [0.3, 0.4) is 0 Å². The molecular formula is C14H9F2N. The van der Waals surface area contributed by atoms with Gasteiger partial charge in [-0.3, -0.25) is 0 Å². The standard InChI is InChI=1S/C14H9F2N/c1-9-13(15)11(8-17)7-12(14(9)16)10-5-3-2-4-6-10/h2-7H,1H3. The summed E-state index contributed by atoms with van der Waals surface area (Å²) in [7, 11) is 0. The van der Waals surface area contributed by atoms with Gasteiger partial charge in [-0.05, 0) is 18.6 Å². The van der Waals surface area contributed by atoms with Gasteiger partial charge in [-0.1, -0.05) is 30.3 Å². The quantitative estimate of drug-likeness (QED) is 0.729. The van der Waals surface area contributed by atoms with Crippen LogP contribution in [-0.4, -0.2) is 0 Å². The van der Waals surface area contributed by atoms with E-state index in [1.165, 1.54) is 13.0 Å². The minimum Gasteiger partial charge on any atom is -0.206 e. The zero-order valence-corrected chi connectivity index (χ0v) is 9.17. The lowest BCUT2D eigenvalue weighted by Crippen LogP contribution is -1.97. The van der Waals surface area contributed by atoms with E-state index in [9.17, 15) is 8.78 Å². The van der Waals surface area contributed by atoms with Crippen molar-refractivity contribution >= 4 is 0 Å². The van der Waals surface area contributed by atoms with Gasteiger partial charge in [-0.2, -0.15) is 5.26 Å². The van der Waals surface area contributed by atoms with Crippen molar-refractivity contribution in [1.29, 1.82) is 5.26 Å². The van der Waals surface area contributed by atoms with E-state index < -0.39 is 11.6 Å². The number of benzene rings is 2. The topological polar surface area (TPSA) is 23.8 Å². The van der Waals surface area contributed by atoms with Crippen LogP contribution in [0.15, 0.2) is 36.4 Å². The maximum absolute atomic E-state index is 13.9. The van der Waals surface area contributed by atoms with Crippen LogP contribution in [-0.2, 0) is 0 Å². The van der Waals surface area contributed by atoms with Crippen LogP contribution >= 0.6 is 0 Å². The first kappa shape index (κ1) is 11.3. The predicted molar refractivity (Wildman–Crippen MR) is 61.2 cm³/mol. The van der Waals surface area contributed by atoms with Gasteiger partial charge in [0.2, 0.25) is 0 Å². The number of hydrogen-bond acceptors (Lipinski definition) is 1. The third kappa shape index (κ3) is 1.90. The Hall–Kier alpha value is -2.21. The van der Waals surface area contributed by atoms with Crippen molar-refractivity contribution in [1.82, 2.24) is 0 Å². The van der Waals surface area contributed by atoms with Crippen LogP contribution in [0.1, 0.15) is 11.1 Å². The van der Waals surface area contributed by atoms with Gasteiger partial charge in [0.15, 0.2) is 0 Å². The van der Waals surface area contributed by atoms with Crippen molar-refractivity contribution in [2.75, 3.05) is 0 Å². The van der Waals surface area contributed by atoms with Crippen LogP contribution in [0.5, 0.6) is 0 Å². The Labute approximate surface area is 97.9 Å². The molecule has 0 saturated carbocycles. The third-order valence-corrected chi connectivity index (χ3v) is 2.63. The normalized spacial score (nSPS) is 10.0. The molecule has 2 rings (SSSR count). The first-order valence-electron chi connectivity index (χ1n) is 5.09. The second-order valence-corrected chi connectivity index (χ2v) is 3.70. The largest absolute Gasteiger partial charge is 0.206 e. The van der Waals surface area contributed by atoms with Crippen molar-refractivity contribution in [2.45, 2.75) is 6.92 Å². The Bertz CT molecular complexity index is 598. The van der Waals surface area contributed by atoms with E-state index in [-0.39, 0.29) is 16.7 Å². The number of halogens is 2. The molecule has 17 heavy (non-hydrogen) atoms. The number of nitrogens with zero attached hydrogens (tertiary/aromatic N) is 1. The average molecular weight is 229 g/mol. The molecule has 2 aromatic carbocycles. The lowest BCUT2D eigenvalue weighted by atomic mass is 9.99. The molecule has 1 nitrogen and oxygen atoms in total. The SMILES string of the molecule is Cc1c(F)c(C#N)cc(-c2ccccc2)c1F. The van der Waals surface area contributed by atoms with E-state index in [0.29, 0.717) is 5.56 Å². The molecule has 0 atom stereocenters. The predicted octanol–water partition coefficient (Wildman–Crippen LogP) is 3.81. The monoisotopic (exact) mass is 229 g/mol. The molecule has 0 aliphatic rings. The highest BCUT2D eigenvalue weighted by atomic mass is 19.1. The van der Waals surface area contributed by atoms with Crippen molar-refractivity contribution < 1.29 is 8.78 Å². The smallest absolute Gasteiger partial charge is 0.146 e. The first-order valence-corrected chi connectivity index (χ1v) is 5.09. The Kier molecular flexibility index (Phi) is 2.88. The lowest BCUT2D eigenvalue weighted by Gasteiger charge is -2.08. The summed E-state index contributed by atoms with van der Waals surface area (Å²) < 4.78 is 27.4. The summed E-state index contributed by atoms with van der Waals surface area (Å²) in [6.07, 6.45) is 0. The van der Waals surface area contributed by atoms with Gasteiger partial charge in [0, 0.05) is 11.1 Å². The molecular weight excluding hydrogens is 220 g/mol. The molecule has 0 radical (unpaired) electrons. The molecule has 0 N–H and O–H groups in total. The van der Waals surface area contributed by atoms with Gasteiger partial charge >= 0.3 is 0 Å². The Morgan fingerprint density at radius 1 is 1.06 bits per heavy atom. The maximum atomic E-state index is 13.9. The number of nitriles is 1. The van der Waals surface area contributed by atoms with Crippen molar-refractivity contribution in [3.63, 3.8) is 0 Å². The van der Waals surface area contributed by atoms with Crippen LogP contribution < -0.4 is 0 Å². The summed E-state index contributed by atoms with van der Waals surface area (Å²) in [5.74, 6) is -1.41. The van der Waals surface area contributed by atoms with E-state index in [0.717, 1.165) is 0 Å². The summed E-state index contributed by atoms with van der Waals surface area (Å²) in [6, 6.07) is 11.7. The number of hydrogen-bond donors (Lipinski definition) is 0. The molecule has 0 saturated heterocycles. The highest BCUT2D eigenvalue weighted by Gasteiger charge is 2.15. The lowest BCUT2D eigenvalue weighted by molar-refractivity contribution is 0.568. The molecule has 0 amide bonds. The summed E-state index contributed by atoms with van der Waals surface area (Å²) in [5, 5.41) is 8.79. The molecule has 0 bridgehead atoms. The second kappa shape index (κ2) is 4.34. The Morgan fingerprint density at radius 2 is 1.71 bits per heavy atom. The fraction of sp³-hybridized carbons (Fsp3) is 0.0714. The van der Waals surface area contributed by atoms with Gasteiger partial charge in [-0.15, -0.1) is 0 Å². The van der Waals surface area contributed by atoms with Crippen molar-refractivity contribution in [3.05, 3.63) is 59.2 Å². The molecule has 84 valence electrons. The molecule has 0 unspecified atom stereocenters. The summed E-state index contributed by atoms with van der Waals surface area (Å²) in [4.78, 5) is 0. The summed E-state index contributed by atoms with van der Waals surface area (Å²) in [5.41, 5.74) is 0.622. The molecule has 0 aromatic heterocycles. The van der Waals surface area contributed by atoms with Crippen molar-refractivity contribution in [3.8, 4) is 17.2 Å². The third-order valence-electron chi connectivity index (χ3n) is 2.63. The highest BCUT2D eigenvalue weighted by Crippen LogP contribution is 2.28. The van der Waals surface area contributed by atoms with Gasteiger partial charge in [-0.25, -0.2) is 8.78 Å². The summed E-state index contributed by atoms with van der Waals surface area (Å²) in [6.45, 7) is 1.33. The zero-order valence-electron chi connectivity index (χ0n) is 9.17. The highest BCUT2D eigenvalue weighted by molar-refractivity contribution is 5.67. The fourth-order valence-electron chi connectivity index (χ4n) is 1.68. The van der Waals surface area contributed by atoms with E-state index in [2.05, 4.69) is 0 Å². The first-order chi connectivity index (χ1) is 8.15. The average Bonchev–Trinajstić information content (AvgIpc) is 2.37. The minimum atomic E-state index is -0.787. The van der Waals surface area contributed by atoms with Gasteiger partial charge in [0.25, 0.3) is 0 Å². The Balaban J connectivity index is 2.72. The fourth-order valence-corrected chi connectivity index (χ4v) is 1.68. The van der Waals surface area contributed by atoms with Crippen molar-refractivity contribution in [2.24, 2.45) is 0 Å². The van der Waals surface area contributed by atoms with Gasteiger partial charge < -0.3 is 0 Å². The van der Waals surface area contributed by atoms with E-state index >= 15 is 0 Å². The number of rotatable bonds is 1. The summed E-state index contributed by atoms with van der Waals surface area (Å²) >= 11 is 0. The van der Waals surface area contributed by atoms with Gasteiger partial charge in [0.05, 0.1) is 5.56 Å². The molecule has 3 heteroatoms. The van der Waals surface area contributed by atoms with E-state index in [1.807, 2.05) is 6.07 Å².